The van der Waals surface area contributed by atoms with Crippen LogP contribution in [0.5, 0.6) is 0 Å². The van der Waals surface area contributed by atoms with Gasteiger partial charge in [0, 0.05) is 20.3 Å². The van der Waals surface area contributed by atoms with E-state index in [0.29, 0.717) is 6.54 Å². The first-order chi connectivity index (χ1) is 4.41. The molecule has 1 radical (unpaired) electrons. The average Bonchev–Trinajstić information content (AvgIpc) is 1.89. The van der Waals surface area contributed by atoms with Crippen molar-refractivity contribution in [3.8, 4) is 0 Å². The van der Waals surface area contributed by atoms with Crippen molar-refractivity contribution in [1.29, 1.82) is 0 Å². The standard InChI is InChI=1S/C6H12NO2/c1-9-5-3-2-4-7-6-8/h2-5H2,1H3,(H,7,8). The Bertz CT molecular complexity index is 66.1. The van der Waals surface area contributed by atoms with Gasteiger partial charge in [-0.1, -0.05) is 0 Å². The number of methoxy groups -OCH3 is 1. The first-order valence-corrected chi connectivity index (χ1v) is 3.00. The van der Waals surface area contributed by atoms with Gasteiger partial charge in [-0.2, -0.15) is 0 Å². The minimum Gasteiger partial charge on any atom is -0.385 e. The summed E-state index contributed by atoms with van der Waals surface area (Å²) in [6.45, 7) is 1.47. The molecule has 1 N–H and O–H groups in total. The molecule has 0 atom stereocenters. The first-order valence-electron chi connectivity index (χ1n) is 3.00. The SMILES string of the molecule is COCCCCN[C]=O. The van der Waals surface area contributed by atoms with Crippen molar-refractivity contribution in [3.63, 3.8) is 0 Å². The van der Waals surface area contributed by atoms with E-state index in [0.717, 1.165) is 19.4 Å². The Balaban J connectivity index is 2.66. The van der Waals surface area contributed by atoms with E-state index in [9.17, 15) is 4.79 Å². The largest absolute Gasteiger partial charge is 0.385 e. The van der Waals surface area contributed by atoms with Gasteiger partial charge < -0.3 is 10.1 Å². The van der Waals surface area contributed by atoms with Crippen LogP contribution in [0.15, 0.2) is 0 Å². The summed E-state index contributed by atoms with van der Waals surface area (Å²) in [6.07, 6.45) is 3.56. The minimum absolute atomic E-state index is 0.701. The van der Waals surface area contributed by atoms with Gasteiger partial charge in [-0.05, 0) is 12.8 Å². The monoisotopic (exact) mass is 130 g/mol. The number of ether oxygens (including phenoxy) is 1. The summed E-state index contributed by atoms with van der Waals surface area (Å²) in [7, 11) is 1.67. The van der Waals surface area contributed by atoms with Crippen LogP contribution in [0.3, 0.4) is 0 Å². The number of nitrogens with one attached hydrogen (secondary N) is 1. The number of rotatable bonds is 6. The molecule has 0 aromatic heterocycles. The Morgan fingerprint density at radius 3 is 2.89 bits per heavy atom. The summed E-state index contributed by atoms with van der Waals surface area (Å²) in [6, 6.07) is 0. The topological polar surface area (TPSA) is 38.3 Å². The van der Waals surface area contributed by atoms with Crippen molar-refractivity contribution in [1.82, 2.24) is 5.32 Å². The van der Waals surface area contributed by atoms with Crippen molar-refractivity contribution < 1.29 is 9.53 Å². The second kappa shape index (κ2) is 7.43. The van der Waals surface area contributed by atoms with Gasteiger partial charge in [0.2, 0.25) is 0 Å². The summed E-state index contributed by atoms with van der Waals surface area (Å²) < 4.78 is 4.80. The van der Waals surface area contributed by atoms with E-state index in [2.05, 4.69) is 5.32 Å². The Hall–Kier alpha value is -0.570. The van der Waals surface area contributed by atoms with Crippen LogP contribution in [-0.2, 0) is 9.53 Å². The zero-order valence-corrected chi connectivity index (χ0v) is 5.64. The molecule has 0 saturated carbocycles. The molecule has 1 amide bonds. The van der Waals surface area contributed by atoms with Gasteiger partial charge in [-0.25, -0.2) is 0 Å². The highest BCUT2D eigenvalue weighted by molar-refractivity contribution is 5.46. The lowest BCUT2D eigenvalue weighted by atomic mass is 10.3. The molecule has 0 heterocycles. The van der Waals surface area contributed by atoms with Crippen LogP contribution in [0.4, 0.5) is 0 Å². The molecule has 3 heteroatoms. The molecule has 0 unspecified atom stereocenters. The van der Waals surface area contributed by atoms with Crippen LogP contribution >= 0.6 is 0 Å². The molecular formula is C6H12NO2. The zero-order chi connectivity index (χ0) is 6.95. The van der Waals surface area contributed by atoms with Crippen molar-refractivity contribution in [2.24, 2.45) is 0 Å². The maximum absolute atomic E-state index is 9.57. The Labute approximate surface area is 55.4 Å². The third kappa shape index (κ3) is 7.43. The van der Waals surface area contributed by atoms with Crippen LogP contribution in [0, 0.1) is 0 Å². The third-order valence-electron chi connectivity index (χ3n) is 0.972. The molecule has 0 aliphatic carbocycles. The molecule has 3 nitrogen and oxygen atoms in total. The van der Waals surface area contributed by atoms with E-state index in [4.69, 9.17) is 4.74 Å². The fourth-order valence-corrected chi connectivity index (χ4v) is 0.511. The van der Waals surface area contributed by atoms with Gasteiger partial charge in [0.1, 0.15) is 0 Å². The average molecular weight is 130 g/mol. The summed E-state index contributed by atoms with van der Waals surface area (Å²) in [5, 5.41) is 2.45. The normalized spacial score (nSPS) is 9.00. The number of unbranched alkanes of at least 4 members (excludes halogenated alkanes) is 1. The lowest BCUT2D eigenvalue weighted by molar-refractivity contribution is 0.193. The molecule has 9 heavy (non-hydrogen) atoms. The van der Waals surface area contributed by atoms with Crippen molar-refractivity contribution in [2.75, 3.05) is 20.3 Å². The van der Waals surface area contributed by atoms with Crippen molar-refractivity contribution in [3.05, 3.63) is 0 Å². The highest BCUT2D eigenvalue weighted by atomic mass is 16.5. The highest BCUT2D eigenvalue weighted by Crippen LogP contribution is 1.84. The second-order valence-electron chi connectivity index (χ2n) is 1.73. The number of hydrogen-bond acceptors (Lipinski definition) is 2. The van der Waals surface area contributed by atoms with Gasteiger partial charge in [-0.3, -0.25) is 4.79 Å². The maximum atomic E-state index is 9.57. The summed E-state index contributed by atoms with van der Waals surface area (Å²) in [5.41, 5.74) is 0. The van der Waals surface area contributed by atoms with Gasteiger partial charge in [0.15, 0.2) is 0 Å². The van der Waals surface area contributed by atoms with Crippen LogP contribution < -0.4 is 5.32 Å². The highest BCUT2D eigenvalue weighted by Gasteiger charge is 1.84. The molecule has 0 spiro atoms. The molecule has 0 fully saturated rings. The van der Waals surface area contributed by atoms with Crippen LogP contribution in [0.2, 0.25) is 0 Å². The third-order valence-corrected chi connectivity index (χ3v) is 0.972. The molecule has 0 rings (SSSR count). The second-order valence-corrected chi connectivity index (χ2v) is 1.73. The maximum Gasteiger partial charge on any atom is 0.309 e. The van der Waals surface area contributed by atoms with Crippen LogP contribution in [0.1, 0.15) is 12.8 Å². The lowest BCUT2D eigenvalue weighted by Gasteiger charge is -1.96. The van der Waals surface area contributed by atoms with Crippen molar-refractivity contribution >= 4 is 6.41 Å². The van der Waals surface area contributed by atoms with Gasteiger partial charge in [-0.15, -0.1) is 0 Å². The first kappa shape index (κ1) is 8.43. The minimum atomic E-state index is 0.701. The van der Waals surface area contributed by atoms with Gasteiger partial charge in [0.25, 0.3) is 0 Å². The van der Waals surface area contributed by atoms with Gasteiger partial charge >= 0.3 is 6.41 Å². The number of carbonyl (C=O) groups excluding carboxylic acids is 1. The predicted molar refractivity (Wildman–Crippen MR) is 34.8 cm³/mol. The molecular weight excluding hydrogens is 118 g/mol. The molecule has 0 aliphatic rings. The summed E-state index contributed by atoms with van der Waals surface area (Å²) in [4.78, 5) is 9.57. The van der Waals surface area contributed by atoms with Crippen molar-refractivity contribution in [2.45, 2.75) is 12.8 Å². The lowest BCUT2D eigenvalue weighted by Crippen LogP contribution is -2.12. The Kier molecular flexibility index (Phi) is 6.96. The van der Waals surface area contributed by atoms with E-state index in [1.165, 1.54) is 0 Å². The summed E-state index contributed by atoms with van der Waals surface area (Å²) in [5.74, 6) is 0. The molecule has 0 saturated heterocycles. The van der Waals surface area contributed by atoms with E-state index in [-0.39, 0.29) is 0 Å². The van der Waals surface area contributed by atoms with Crippen LogP contribution in [-0.4, -0.2) is 26.7 Å². The Morgan fingerprint density at radius 1 is 1.56 bits per heavy atom. The van der Waals surface area contributed by atoms with E-state index >= 15 is 0 Å². The number of hydrogen-bond donors (Lipinski definition) is 1. The molecule has 0 aromatic rings. The summed E-state index contributed by atoms with van der Waals surface area (Å²) >= 11 is 0. The molecule has 0 bridgehead atoms. The fraction of sp³-hybridized carbons (Fsp3) is 0.833. The van der Waals surface area contributed by atoms with E-state index in [1.807, 2.05) is 0 Å². The molecule has 0 aromatic carbocycles. The smallest absolute Gasteiger partial charge is 0.309 e. The zero-order valence-electron chi connectivity index (χ0n) is 5.64. The number of amides is 1. The van der Waals surface area contributed by atoms with Crippen LogP contribution in [0.25, 0.3) is 0 Å². The Morgan fingerprint density at radius 2 is 2.33 bits per heavy atom. The van der Waals surface area contributed by atoms with E-state index in [1.54, 1.807) is 13.5 Å². The quantitative estimate of drug-likeness (QED) is 0.408. The van der Waals surface area contributed by atoms with E-state index < -0.39 is 0 Å². The fourth-order valence-electron chi connectivity index (χ4n) is 0.511. The molecule has 53 valence electrons. The van der Waals surface area contributed by atoms with Gasteiger partial charge in [0.05, 0.1) is 0 Å². The predicted octanol–water partition coefficient (Wildman–Crippen LogP) is 0.0698. The molecule has 0 aliphatic heterocycles.